The maximum Gasteiger partial charge on any atom is 0.166 e. The molecule has 0 aromatic carbocycles. The topological polar surface area (TPSA) is 63.4 Å². The molecule has 2 fully saturated rings. The van der Waals surface area contributed by atoms with Gasteiger partial charge in [0.15, 0.2) is 9.84 Å². The maximum atomic E-state index is 12.1. The zero-order chi connectivity index (χ0) is 12.5. The zero-order valence-electron chi connectivity index (χ0n) is 10.4. The Labute approximate surface area is 108 Å². The number of nitrogens with two attached hydrogens (primary N) is 1. The number of hydrogen-bond acceptors (Lipinski definition) is 5. The minimum atomic E-state index is -2.98. The Hall–Kier alpha value is 0.220. The monoisotopic (exact) mass is 278 g/mol. The first-order valence-corrected chi connectivity index (χ1v) is 9.16. The number of nitrogens with zero attached hydrogens (tertiary/aromatic N) is 1. The van der Waals surface area contributed by atoms with Crippen molar-refractivity contribution in [2.75, 3.05) is 30.3 Å². The van der Waals surface area contributed by atoms with Crippen molar-refractivity contribution in [2.45, 2.75) is 37.1 Å². The van der Waals surface area contributed by atoms with E-state index in [-0.39, 0.29) is 16.7 Å². The van der Waals surface area contributed by atoms with Gasteiger partial charge in [-0.3, -0.25) is 4.90 Å². The molecule has 0 aromatic heterocycles. The minimum absolute atomic E-state index is 0.122. The van der Waals surface area contributed by atoms with Gasteiger partial charge in [0.25, 0.3) is 0 Å². The molecule has 1 aliphatic heterocycles. The highest BCUT2D eigenvalue weighted by Crippen LogP contribution is 2.32. The van der Waals surface area contributed by atoms with Crippen LogP contribution in [0.15, 0.2) is 0 Å². The van der Waals surface area contributed by atoms with Crippen molar-refractivity contribution in [3.05, 3.63) is 0 Å². The standard InChI is InChI=1S/C11H22N2O2S2/c1-2-17(14,15)10-8-16-7-6-13(10)9-11(12)4-3-5-11/h10H,2-9,12H2,1H3. The number of thioether (sulfide) groups is 1. The van der Waals surface area contributed by atoms with Crippen molar-refractivity contribution in [1.29, 1.82) is 0 Å². The Kier molecular flexibility index (Phi) is 4.07. The molecular formula is C11H22N2O2S2. The summed E-state index contributed by atoms with van der Waals surface area (Å²) in [4.78, 5) is 2.11. The van der Waals surface area contributed by atoms with Crippen molar-refractivity contribution in [1.82, 2.24) is 4.90 Å². The van der Waals surface area contributed by atoms with Crippen LogP contribution in [-0.4, -0.2) is 54.6 Å². The van der Waals surface area contributed by atoms with Crippen LogP contribution < -0.4 is 5.73 Å². The van der Waals surface area contributed by atoms with E-state index < -0.39 is 9.84 Å². The SMILES string of the molecule is CCS(=O)(=O)C1CSCCN1CC1(N)CCC1. The molecule has 6 heteroatoms. The Morgan fingerprint density at radius 1 is 1.47 bits per heavy atom. The lowest BCUT2D eigenvalue weighted by atomic mass is 9.77. The van der Waals surface area contributed by atoms with Crippen LogP contribution in [0.25, 0.3) is 0 Å². The molecule has 2 N–H and O–H groups in total. The molecule has 0 radical (unpaired) electrons. The molecule has 100 valence electrons. The van der Waals surface area contributed by atoms with E-state index in [0.29, 0.717) is 5.75 Å². The summed E-state index contributed by atoms with van der Waals surface area (Å²) in [5.74, 6) is 1.95. The van der Waals surface area contributed by atoms with Gasteiger partial charge in [-0.2, -0.15) is 11.8 Å². The fourth-order valence-electron chi connectivity index (χ4n) is 2.51. The van der Waals surface area contributed by atoms with Crippen molar-refractivity contribution in [3.8, 4) is 0 Å². The molecule has 2 aliphatic rings. The van der Waals surface area contributed by atoms with E-state index in [0.717, 1.165) is 31.7 Å². The maximum absolute atomic E-state index is 12.1. The van der Waals surface area contributed by atoms with Crippen LogP contribution in [0.3, 0.4) is 0 Å². The van der Waals surface area contributed by atoms with Gasteiger partial charge in [0.1, 0.15) is 5.37 Å². The summed E-state index contributed by atoms with van der Waals surface area (Å²) in [6.45, 7) is 3.33. The summed E-state index contributed by atoms with van der Waals surface area (Å²) in [7, 11) is -2.98. The minimum Gasteiger partial charge on any atom is -0.324 e. The lowest BCUT2D eigenvalue weighted by molar-refractivity contribution is 0.142. The molecule has 1 aliphatic carbocycles. The Balaban J connectivity index is 2.07. The third-order valence-corrected chi connectivity index (χ3v) is 7.21. The number of hydrogen-bond donors (Lipinski definition) is 1. The first kappa shape index (κ1) is 13.6. The molecular weight excluding hydrogens is 256 g/mol. The average Bonchev–Trinajstić information content (AvgIpc) is 2.27. The summed E-state index contributed by atoms with van der Waals surface area (Å²) in [6.07, 6.45) is 3.26. The lowest BCUT2D eigenvalue weighted by Gasteiger charge is -2.45. The third kappa shape index (κ3) is 2.97. The van der Waals surface area contributed by atoms with Crippen molar-refractivity contribution >= 4 is 21.6 Å². The van der Waals surface area contributed by atoms with Gasteiger partial charge >= 0.3 is 0 Å². The van der Waals surface area contributed by atoms with Gasteiger partial charge in [0, 0.05) is 35.9 Å². The molecule has 4 nitrogen and oxygen atoms in total. The van der Waals surface area contributed by atoms with E-state index in [4.69, 9.17) is 5.73 Å². The van der Waals surface area contributed by atoms with Crippen LogP contribution in [0.4, 0.5) is 0 Å². The number of sulfone groups is 1. The van der Waals surface area contributed by atoms with Crippen LogP contribution in [0.2, 0.25) is 0 Å². The molecule has 0 spiro atoms. The van der Waals surface area contributed by atoms with Gasteiger partial charge in [-0.15, -0.1) is 0 Å². The highest BCUT2D eigenvalue weighted by Gasteiger charge is 2.40. The van der Waals surface area contributed by atoms with E-state index in [1.54, 1.807) is 18.7 Å². The second kappa shape index (κ2) is 5.07. The predicted octanol–water partition coefficient (Wildman–Crippen LogP) is 0.677. The largest absolute Gasteiger partial charge is 0.324 e. The van der Waals surface area contributed by atoms with E-state index in [9.17, 15) is 8.42 Å². The van der Waals surface area contributed by atoms with Gasteiger partial charge in [0.2, 0.25) is 0 Å². The summed E-state index contributed by atoms with van der Waals surface area (Å²) in [5, 5.41) is -0.313. The molecule has 1 saturated carbocycles. The zero-order valence-corrected chi connectivity index (χ0v) is 12.0. The summed E-state index contributed by atoms with van der Waals surface area (Å²) >= 11 is 1.74. The van der Waals surface area contributed by atoms with E-state index in [1.165, 1.54) is 6.42 Å². The molecule has 1 unspecified atom stereocenters. The predicted molar refractivity (Wildman–Crippen MR) is 72.9 cm³/mol. The van der Waals surface area contributed by atoms with Gasteiger partial charge in [-0.25, -0.2) is 8.42 Å². The molecule has 17 heavy (non-hydrogen) atoms. The molecule has 1 atom stereocenters. The summed E-state index contributed by atoms with van der Waals surface area (Å²) in [5.41, 5.74) is 6.12. The van der Waals surface area contributed by atoms with Gasteiger partial charge in [0.05, 0.1) is 0 Å². The summed E-state index contributed by atoms with van der Waals surface area (Å²) < 4.78 is 24.1. The average molecular weight is 278 g/mol. The first-order valence-electron chi connectivity index (χ1n) is 6.29. The van der Waals surface area contributed by atoms with Crippen LogP contribution in [0.5, 0.6) is 0 Å². The Bertz CT molecular complexity index is 366. The van der Waals surface area contributed by atoms with Gasteiger partial charge in [-0.1, -0.05) is 6.92 Å². The number of rotatable bonds is 4. The van der Waals surface area contributed by atoms with Crippen molar-refractivity contribution in [3.63, 3.8) is 0 Å². The fourth-order valence-corrected chi connectivity index (χ4v) is 5.59. The van der Waals surface area contributed by atoms with Crippen LogP contribution >= 0.6 is 11.8 Å². The highest BCUT2D eigenvalue weighted by atomic mass is 32.2. The lowest BCUT2D eigenvalue weighted by Crippen LogP contribution is -2.60. The van der Waals surface area contributed by atoms with Crippen LogP contribution in [-0.2, 0) is 9.84 Å². The molecule has 1 heterocycles. The van der Waals surface area contributed by atoms with Crippen LogP contribution in [0.1, 0.15) is 26.2 Å². The molecule has 0 bridgehead atoms. The normalized spacial score (nSPS) is 29.9. The van der Waals surface area contributed by atoms with Crippen molar-refractivity contribution in [2.24, 2.45) is 5.73 Å². The molecule has 1 saturated heterocycles. The first-order chi connectivity index (χ1) is 7.97. The van der Waals surface area contributed by atoms with Gasteiger partial charge < -0.3 is 5.73 Å². The quantitative estimate of drug-likeness (QED) is 0.819. The molecule has 0 aromatic rings. The second-order valence-electron chi connectivity index (χ2n) is 5.17. The summed E-state index contributed by atoms with van der Waals surface area (Å²) in [6, 6.07) is 0. The van der Waals surface area contributed by atoms with Crippen LogP contribution in [0, 0.1) is 0 Å². The van der Waals surface area contributed by atoms with E-state index in [2.05, 4.69) is 4.90 Å². The molecule has 2 rings (SSSR count). The van der Waals surface area contributed by atoms with E-state index >= 15 is 0 Å². The van der Waals surface area contributed by atoms with Gasteiger partial charge in [-0.05, 0) is 19.3 Å². The Morgan fingerprint density at radius 2 is 2.18 bits per heavy atom. The van der Waals surface area contributed by atoms with E-state index in [1.807, 2.05) is 0 Å². The fraction of sp³-hybridized carbons (Fsp3) is 1.00. The third-order valence-electron chi connectivity index (χ3n) is 3.87. The molecule has 0 amide bonds. The smallest absolute Gasteiger partial charge is 0.166 e. The highest BCUT2D eigenvalue weighted by molar-refractivity contribution is 8.01. The van der Waals surface area contributed by atoms with Crippen molar-refractivity contribution < 1.29 is 8.42 Å². The second-order valence-corrected chi connectivity index (χ2v) is 8.76. The Morgan fingerprint density at radius 3 is 2.71 bits per heavy atom.